The first kappa shape index (κ1) is 35.4. The van der Waals surface area contributed by atoms with Crippen molar-refractivity contribution in [3.05, 3.63) is 56.7 Å². The molecule has 0 aliphatic heterocycles. The largest absolute Gasteiger partial charge is 0.497 e. The summed E-state index contributed by atoms with van der Waals surface area (Å²) in [4.78, 5) is 28.6. The van der Waals surface area contributed by atoms with E-state index in [4.69, 9.17) is 18.9 Å². The Labute approximate surface area is 272 Å². The predicted octanol–water partition coefficient (Wildman–Crippen LogP) is 2.84. The number of methoxy groups -OCH3 is 3. The number of aliphatic hydroxyl groups excluding tert-OH is 3. The van der Waals surface area contributed by atoms with E-state index in [1.54, 1.807) is 49.5 Å². The smallest absolute Gasteiger partial charge is 0.247 e. The molecule has 3 rings (SSSR count). The molecule has 0 fully saturated rings. The van der Waals surface area contributed by atoms with Crippen molar-refractivity contribution in [2.45, 2.75) is 58.0 Å². The summed E-state index contributed by atoms with van der Waals surface area (Å²) < 4.78 is 23.4. The molecule has 0 saturated carbocycles. The van der Waals surface area contributed by atoms with Crippen molar-refractivity contribution < 1.29 is 43.9 Å². The van der Waals surface area contributed by atoms with Crippen LogP contribution in [0.4, 0.5) is 0 Å². The number of carbonyl (C=O) groups excluding carboxylic acids is 2. The van der Waals surface area contributed by atoms with Gasteiger partial charge in [-0.05, 0) is 82.5 Å². The van der Waals surface area contributed by atoms with Crippen LogP contribution in [0, 0.1) is 9.49 Å². The van der Waals surface area contributed by atoms with Gasteiger partial charge in [0.15, 0.2) is 11.5 Å². The van der Waals surface area contributed by atoms with Crippen molar-refractivity contribution in [2.24, 2.45) is 5.92 Å². The van der Waals surface area contributed by atoms with E-state index in [0.29, 0.717) is 44.1 Å². The second-order valence-electron chi connectivity index (χ2n) is 10.9. The Morgan fingerprint density at radius 2 is 1.80 bits per heavy atom. The Morgan fingerprint density at radius 3 is 2.41 bits per heavy atom. The number of ether oxygens (including phenoxy) is 4. The number of amides is 2. The monoisotopic (exact) mass is 726 g/mol. The molecule has 11 nitrogen and oxygen atoms in total. The summed E-state index contributed by atoms with van der Waals surface area (Å²) in [6.07, 6.45) is 0.0589. The Hall–Kier alpha value is -3.07. The Morgan fingerprint density at radius 1 is 1.07 bits per heavy atom. The molecule has 3 atom stereocenters. The topological polar surface area (TPSA) is 147 Å². The number of aliphatic hydroxyl groups is 3. The number of carbonyl (C=O) groups is 2. The predicted molar refractivity (Wildman–Crippen MR) is 173 cm³/mol. The van der Waals surface area contributed by atoms with Gasteiger partial charge in [0.1, 0.15) is 23.7 Å². The normalized spacial score (nSPS) is 18.0. The molecule has 44 heavy (non-hydrogen) atoms. The Kier molecular flexibility index (Phi) is 13.6. The molecule has 1 aliphatic rings. The van der Waals surface area contributed by atoms with Crippen LogP contribution in [0.5, 0.6) is 23.0 Å². The third-order valence-electron chi connectivity index (χ3n) is 7.35. The average molecular weight is 727 g/mol. The minimum Gasteiger partial charge on any atom is -0.497 e. The number of benzene rings is 2. The molecule has 0 bridgehead atoms. The van der Waals surface area contributed by atoms with Gasteiger partial charge < -0.3 is 44.5 Å². The molecule has 0 unspecified atom stereocenters. The van der Waals surface area contributed by atoms with Crippen LogP contribution in [0.25, 0.3) is 0 Å². The second kappa shape index (κ2) is 16.8. The van der Waals surface area contributed by atoms with Gasteiger partial charge in [0.25, 0.3) is 0 Å². The molecule has 12 heteroatoms. The lowest BCUT2D eigenvalue weighted by Crippen LogP contribution is -2.55. The third-order valence-corrected chi connectivity index (χ3v) is 8.15. The van der Waals surface area contributed by atoms with Crippen molar-refractivity contribution in [1.29, 1.82) is 0 Å². The van der Waals surface area contributed by atoms with E-state index in [2.05, 4.69) is 27.9 Å². The molecule has 2 amide bonds. The van der Waals surface area contributed by atoms with Crippen molar-refractivity contribution >= 4 is 34.4 Å². The lowest BCUT2D eigenvalue weighted by atomic mass is 9.87. The van der Waals surface area contributed by atoms with E-state index in [0.717, 1.165) is 5.56 Å². The summed E-state index contributed by atoms with van der Waals surface area (Å²) in [5.74, 6) is 1.45. The van der Waals surface area contributed by atoms with Crippen molar-refractivity contribution in [2.75, 3.05) is 41.0 Å². The highest BCUT2D eigenvalue weighted by Gasteiger charge is 2.41. The SMILES string of the molecule is COc1ccc(OC)c(CCN(C(=O)CC(C)C)[C@@H]2CC(C(=O)NCCO)=C[C@H](Oc3c(I)cc(CO)cc3OC)[C@H]2O)c1. The molecule has 2 aromatic carbocycles. The van der Waals surface area contributed by atoms with Gasteiger partial charge in [-0.1, -0.05) is 13.8 Å². The zero-order valence-electron chi connectivity index (χ0n) is 25.8. The van der Waals surface area contributed by atoms with Crippen LogP contribution in [-0.2, 0) is 22.6 Å². The van der Waals surface area contributed by atoms with Gasteiger partial charge >= 0.3 is 0 Å². The molecular weight excluding hydrogens is 683 g/mol. The van der Waals surface area contributed by atoms with Crippen molar-refractivity contribution in [3.8, 4) is 23.0 Å². The van der Waals surface area contributed by atoms with Gasteiger partial charge in [-0.2, -0.15) is 0 Å². The summed E-state index contributed by atoms with van der Waals surface area (Å²) in [5, 5.41) is 33.4. The molecule has 0 aromatic heterocycles. The minimum atomic E-state index is -1.20. The summed E-state index contributed by atoms with van der Waals surface area (Å²) in [7, 11) is 4.62. The number of halogens is 1. The fraction of sp³-hybridized carbons (Fsp3) is 0.500. The highest BCUT2D eigenvalue weighted by molar-refractivity contribution is 14.1. The molecule has 0 heterocycles. The van der Waals surface area contributed by atoms with Crippen LogP contribution in [0.15, 0.2) is 42.0 Å². The molecule has 0 radical (unpaired) electrons. The van der Waals surface area contributed by atoms with Gasteiger partial charge in [0.05, 0.1) is 44.2 Å². The van der Waals surface area contributed by atoms with Gasteiger partial charge in [-0.3, -0.25) is 9.59 Å². The van der Waals surface area contributed by atoms with Crippen molar-refractivity contribution in [1.82, 2.24) is 10.2 Å². The Bertz CT molecular complexity index is 1320. The number of rotatable bonds is 15. The van der Waals surface area contributed by atoms with Gasteiger partial charge in [0.2, 0.25) is 11.8 Å². The van der Waals surface area contributed by atoms with E-state index >= 15 is 0 Å². The van der Waals surface area contributed by atoms with E-state index in [9.17, 15) is 24.9 Å². The molecular formula is C32H43IN2O9. The summed E-state index contributed by atoms with van der Waals surface area (Å²) in [6.45, 7) is 3.75. The van der Waals surface area contributed by atoms with E-state index in [1.165, 1.54) is 7.11 Å². The quantitative estimate of drug-likeness (QED) is 0.204. The first-order valence-corrected chi connectivity index (χ1v) is 15.6. The fourth-order valence-corrected chi connectivity index (χ4v) is 5.95. The van der Waals surface area contributed by atoms with Crippen LogP contribution >= 0.6 is 22.6 Å². The standard InChI is InChI=1S/C32H43IN2O9/c1-19(2)12-29(38)35(10-8-21-15-23(41-3)6-7-26(21)42-4)25-16-22(32(40)34-9-11-36)17-27(30(25)39)44-31-24(33)13-20(18-37)14-28(31)43-5/h6-7,13-15,17,19,25,27,30,36-37,39H,8-12,16,18H2,1-5H3,(H,34,40)/t25-,27+,30+/m1/s1. The highest BCUT2D eigenvalue weighted by atomic mass is 127. The highest BCUT2D eigenvalue weighted by Crippen LogP contribution is 2.37. The zero-order chi connectivity index (χ0) is 32.4. The van der Waals surface area contributed by atoms with E-state index in [-0.39, 0.29) is 51.0 Å². The molecule has 1 aliphatic carbocycles. The van der Waals surface area contributed by atoms with E-state index in [1.807, 2.05) is 19.9 Å². The number of hydrogen-bond acceptors (Lipinski definition) is 9. The number of nitrogens with one attached hydrogen (secondary N) is 1. The van der Waals surface area contributed by atoms with Crippen molar-refractivity contribution in [3.63, 3.8) is 0 Å². The first-order valence-electron chi connectivity index (χ1n) is 14.5. The van der Waals surface area contributed by atoms with Crippen LogP contribution in [-0.4, -0.2) is 91.3 Å². The Balaban J connectivity index is 2.03. The molecule has 0 saturated heterocycles. The molecule has 242 valence electrons. The maximum Gasteiger partial charge on any atom is 0.247 e. The van der Waals surface area contributed by atoms with Gasteiger partial charge in [-0.25, -0.2) is 0 Å². The fourth-order valence-electron chi connectivity index (χ4n) is 5.15. The summed E-state index contributed by atoms with van der Waals surface area (Å²) >= 11 is 2.06. The summed E-state index contributed by atoms with van der Waals surface area (Å²) in [6, 6.07) is 8.03. The maximum atomic E-state index is 13.8. The third kappa shape index (κ3) is 8.99. The van der Waals surface area contributed by atoms with Gasteiger partial charge in [0, 0.05) is 31.5 Å². The molecule has 0 spiro atoms. The van der Waals surface area contributed by atoms with Gasteiger partial charge in [-0.15, -0.1) is 0 Å². The number of hydrogen-bond donors (Lipinski definition) is 4. The molecule has 2 aromatic rings. The molecule has 4 N–H and O–H groups in total. The maximum absolute atomic E-state index is 13.8. The van der Waals surface area contributed by atoms with Crippen LogP contribution < -0.4 is 24.3 Å². The number of nitrogens with zero attached hydrogens (tertiary/aromatic N) is 1. The van der Waals surface area contributed by atoms with Crippen LogP contribution in [0.3, 0.4) is 0 Å². The lowest BCUT2D eigenvalue weighted by Gasteiger charge is -2.41. The summed E-state index contributed by atoms with van der Waals surface area (Å²) in [5.41, 5.74) is 1.77. The minimum absolute atomic E-state index is 0.0505. The lowest BCUT2D eigenvalue weighted by molar-refractivity contribution is -0.139. The van der Waals surface area contributed by atoms with E-state index < -0.39 is 24.2 Å². The first-order chi connectivity index (χ1) is 21.1. The van der Waals surface area contributed by atoms with Crippen LogP contribution in [0.1, 0.15) is 37.8 Å². The second-order valence-corrected chi connectivity index (χ2v) is 12.1. The van der Waals surface area contributed by atoms with Crippen LogP contribution in [0.2, 0.25) is 0 Å². The average Bonchev–Trinajstić information content (AvgIpc) is 3.01. The zero-order valence-corrected chi connectivity index (χ0v) is 28.0.